The fourth-order valence-corrected chi connectivity index (χ4v) is 2.03. The van der Waals surface area contributed by atoms with Gasteiger partial charge in [0.05, 0.1) is 11.9 Å². The van der Waals surface area contributed by atoms with Gasteiger partial charge in [-0.3, -0.25) is 4.68 Å². The molecular formula is C7H10Cl2N2O2S. The van der Waals surface area contributed by atoms with Crippen LogP contribution in [-0.2, 0) is 22.0 Å². The molecule has 0 N–H and O–H groups in total. The van der Waals surface area contributed by atoms with Gasteiger partial charge in [-0.2, -0.15) is 5.10 Å². The van der Waals surface area contributed by atoms with Crippen molar-refractivity contribution in [3.05, 3.63) is 16.9 Å². The molecule has 0 aliphatic heterocycles. The lowest BCUT2D eigenvalue weighted by Gasteiger charge is -1.98. The Hall–Kier alpha value is -0.260. The van der Waals surface area contributed by atoms with E-state index in [1.807, 2.05) is 6.92 Å². The van der Waals surface area contributed by atoms with Crippen molar-refractivity contribution in [3.8, 4) is 0 Å². The third-order valence-corrected chi connectivity index (χ3v) is 3.35. The van der Waals surface area contributed by atoms with Crippen LogP contribution in [0.15, 0.2) is 6.20 Å². The Morgan fingerprint density at radius 2 is 2.21 bits per heavy atom. The molecule has 80 valence electrons. The second-order valence-electron chi connectivity index (χ2n) is 2.77. The van der Waals surface area contributed by atoms with Gasteiger partial charge in [0.1, 0.15) is 5.15 Å². The van der Waals surface area contributed by atoms with Crippen LogP contribution < -0.4 is 0 Å². The zero-order valence-electron chi connectivity index (χ0n) is 7.57. The van der Waals surface area contributed by atoms with Gasteiger partial charge in [-0.15, -0.1) is 0 Å². The molecule has 1 heterocycles. The van der Waals surface area contributed by atoms with Crippen molar-refractivity contribution in [1.29, 1.82) is 0 Å². The zero-order chi connectivity index (χ0) is 10.8. The first-order valence-electron chi connectivity index (χ1n) is 4.06. The van der Waals surface area contributed by atoms with Gasteiger partial charge in [0.2, 0.25) is 9.05 Å². The minimum atomic E-state index is -3.46. The summed E-state index contributed by atoms with van der Waals surface area (Å²) in [7, 11) is 1.62. The van der Waals surface area contributed by atoms with E-state index in [1.165, 1.54) is 0 Å². The van der Waals surface area contributed by atoms with Crippen molar-refractivity contribution in [1.82, 2.24) is 9.78 Å². The van der Waals surface area contributed by atoms with Crippen LogP contribution in [0.25, 0.3) is 0 Å². The molecule has 0 saturated carbocycles. The van der Waals surface area contributed by atoms with Crippen LogP contribution in [0.4, 0.5) is 0 Å². The lowest BCUT2D eigenvalue weighted by Crippen LogP contribution is -2.01. The van der Waals surface area contributed by atoms with E-state index in [0.717, 1.165) is 0 Å². The molecular weight excluding hydrogens is 247 g/mol. The minimum Gasteiger partial charge on any atom is -0.254 e. The number of nitrogens with zero attached hydrogens (tertiary/aromatic N) is 2. The van der Waals surface area contributed by atoms with Gasteiger partial charge in [-0.1, -0.05) is 11.6 Å². The first-order chi connectivity index (χ1) is 6.44. The van der Waals surface area contributed by atoms with Crippen molar-refractivity contribution in [2.45, 2.75) is 19.9 Å². The Labute approximate surface area is 92.2 Å². The molecule has 0 bridgehead atoms. The van der Waals surface area contributed by atoms with E-state index in [1.54, 1.807) is 10.9 Å². The largest absolute Gasteiger partial charge is 0.254 e. The monoisotopic (exact) mass is 256 g/mol. The second kappa shape index (κ2) is 4.51. The summed E-state index contributed by atoms with van der Waals surface area (Å²) in [6, 6.07) is 0. The molecule has 0 unspecified atom stereocenters. The Morgan fingerprint density at radius 3 is 2.64 bits per heavy atom. The van der Waals surface area contributed by atoms with E-state index in [9.17, 15) is 8.42 Å². The summed E-state index contributed by atoms with van der Waals surface area (Å²) in [5.74, 6) is -0.121. The summed E-state index contributed by atoms with van der Waals surface area (Å²) in [6.07, 6.45) is 1.86. The Bertz CT molecular complexity index is 413. The summed E-state index contributed by atoms with van der Waals surface area (Å²) in [4.78, 5) is 0. The Morgan fingerprint density at radius 1 is 1.57 bits per heavy atom. The maximum Gasteiger partial charge on any atom is 0.232 e. The molecule has 1 rings (SSSR count). The van der Waals surface area contributed by atoms with Crippen LogP contribution in [0, 0.1) is 0 Å². The highest BCUT2D eigenvalue weighted by Gasteiger charge is 2.11. The maximum atomic E-state index is 10.7. The van der Waals surface area contributed by atoms with E-state index in [4.69, 9.17) is 22.3 Å². The zero-order valence-corrected chi connectivity index (χ0v) is 9.90. The van der Waals surface area contributed by atoms with Gasteiger partial charge in [0.25, 0.3) is 0 Å². The summed E-state index contributed by atoms with van der Waals surface area (Å²) >= 11 is 5.92. The Kier molecular flexibility index (Phi) is 3.80. The smallest absolute Gasteiger partial charge is 0.232 e. The van der Waals surface area contributed by atoms with Gasteiger partial charge >= 0.3 is 0 Å². The average molecular weight is 257 g/mol. The molecule has 1 aromatic rings. The van der Waals surface area contributed by atoms with Gasteiger partial charge in [-0.05, 0) is 13.3 Å². The van der Waals surface area contributed by atoms with Crippen LogP contribution in [0.2, 0.25) is 5.15 Å². The van der Waals surface area contributed by atoms with E-state index in [2.05, 4.69) is 5.10 Å². The highest BCUT2D eigenvalue weighted by atomic mass is 35.7. The number of aromatic nitrogens is 2. The maximum absolute atomic E-state index is 10.7. The fourth-order valence-electron chi connectivity index (χ4n) is 1.03. The first-order valence-corrected chi connectivity index (χ1v) is 6.92. The average Bonchev–Trinajstić information content (AvgIpc) is 2.42. The van der Waals surface area contributed by atoms with Crippen molar-refractivity contribution in [2.75, 3.05) is 5.75 Å². The van der Waals surface area contributed by atoms with Crippen LogP contribution in [0.5, 0.6) is 0 Å². The van der Waals surface area contributed by atoms with Crippen molar-refractivity contribution >= 4 is 31.3 Å². The highest BCUT2D eigenvalue weighted by molar-refractivity contribution is 8.13. The van der Waals surface area contributed by atoms with Crippen LogP contribution >= 0.6 is 22.3 Å². The lowest BCUT2D eigenvalue weighted by atomic mass is 10.3. The van der Waals surface area contributed by atoms with E-state index in [-0.39, 0.29) is 5.75 Å². The molecule has 4 nitrogen and oxygen atoms in total. The summed E-state index contributed by atoms with van der Waals surface area (Å²) in [5.41, 5.74) is 0.706. The lowest BCUT2D eigenvalue weighted by molar-refractivity contribution is 0.609. The first kappa shape index (κ1) is 11.8. The topological polar surface area (TPSA) is 52.0 Å². The second-order valence-corrected chi connectivity index (χ2v) is 6.02. The predicted octanol–water partition coefficient (Wildman–Crippen LogP) is 1.67. The molecule has 0 radical (unpaired) electrons. The van der Waals surface area contributed by atoms with Gasteiger partial charge in [0.15, 0.2) is 0 Å². The third kappa shape index (κ3) is 3.15. The predicted molar refractivity (Wildman–Crippen MR) is 56.3 cm³/mol. The number of hydrogen-bond donors (Lipinski definition) is 0. The van der Waals surface area contributed by atoms with Crippen molar-refractivity contribution < 1.29 is 8.42 Å². The molecule has 7 heteroatoms. The minimum absolute atomic E-state index is 0.121. The van der Waals surface area contributed by atoms with Crippen LogP contribution in [0.1, 0.15) is 12.5 Å². The summed E-state index contributed by atoms with van der Waals surface area (Å²) in [5, 5.41) is 4.46. The Balaban J connectivity index is 2.73. The normalized spacial score (nSPS) is 11.9. The number of halogens is 2. The molecule has 0 aliphatic rings. The summed E-state index contributed by atoms with van der Waals surface area (Å²) < 4.78 is 23.0. The summed E-state index contributed by atoms with van der Waals surface area (Å²) in [6.45, 7) is 2.56. The number of rotatable bonds is 4. The van der Waals surface area contributed by atoms with Gasteiger partial charge in [-0.25, -0.2) is 8.42 Å². The van der Waals surface area contributed by atoms with Crippen molar-refractivity contribution in [2.24, 2.45) is 0 Å². The van der Waals surface area contributed by atoms with Crippen LogP contribution in [-0.4, -0.2) is 24.0 Å². The molecule has 0 fully saturated rings. The fraction of sp³-hybridized carbons (Fsp3) is 0.571. The highest BCUT2D eigenvalue weighted by Crippen LogP contribution is 2.16. The molecule has 14 heavy (non-hydrogen) atoms. The molecule has 0 aromatic carbocycles. The van der Waals surface area contributed by atoms with Crippen LogP contribution in [0.3, 0.4) is 0 Å². The third-order valence-electron chi connectivity index (χ3n) is 1.76. The number of hydrogen-bond acceptors (Lipinski definition) is 3. The molecule has 0 aliphatic carbocycles. The quantitative estimate of drug-likeness (QED) is 0.771. The SMILES string of the molecule is CCn1ncc(CCS(=O)(=O)Cl)c1Cl. The number of aryl methyl sites for hydroxylation is 2. The van der Waals surface area contributed by atoms with Crippen molar-refractivity contribution in [3.63, 3.8) is 0 Å². The van der Waals surface area contributed by atoms with E-state index >= 15 is 0 Å². The van der Waals surface area contributed by atoms with Gasteiger partial charge < -0.3 is 0 Å². The molecule has 0 spiro atoms. The van der Waals surface area contributed by atoms with E-state index < -0.39 is 9.05 Å². The molecule has 0 atom stereocenters. The molecule has 1 aromatic heterocycles. The molecule has 0 saturated heterocycles. The van der Waals surface area contributed by atoms with E-state index in [0.29, 0.717) is 23.7 Å². The van der Waals surface area contributed by atoms with Gasteiger partial charge in [0, 0.05) is 22.8 Å². The standard InChI is InChI=1S/C7H10Cl2N2O2S/c1-2-11-7(8)6(5-10-11)3-4-14(9,12)13/h5H,2-4H2,1H3. The molecule has 0 amide bonds.